The summed E-state index contributed by atoms with van der Waals surface area (Å²) in [7, 11) is 0. The summed E-state index contributed by atoms with van der Waals surface area (Å²) in [5.41, 5.74) is 16.6. The van der Waals surface area contributed by atoms with Crippen molar-refractivity contribution in [1.82, 2.24) is 4.90 Å². The predicted molar refractivity (Wildman–Crippen MR) is 64.9 cm³/mol. The van der Waals surface area contributed by atoms with Gasteiger partial charge in [0, 0.05) is 24.2 Å². The van der Waals surface area contributed by atoms with Crippen LogP contribution < -0.4 is 17.2 Å². The van der Waals surface area contributed by atoms with E-state index >= 15 is 0 Å². The average molecular weight is 218 g/mol. The largest absolute Gasteiger partial charge is 0.376 e. The molecule has 0 aliphatic heterocycles. The second-order valence-corrected chi connectivity index (χ2v) is 5.13. The summed E-state index contributed by atoms with van der Waals surface area (Å²) in [5.74, 6) is 0. The first-order valence-electron chi connectivity index (χ1n) is 4.69. The fourth-order valence-electron chi connectivity index (χ4n) is 1.60. The van der Waals surface area contributed by atoms with Crippen LogP contribution in [0.25, 0.3) is 0 Å². The zero-order valence-electron chi connectivity index (χ0n) is 9.50. The minimum Gasteiger partial charge on any atom is -0.376 e. The molecule has 84 valence electrons. The number of nitrogens with zero attached hydrogens (tertiary/aromatic N) is 1. The molecule has 0 atom stereocenters. The van der Waals surface area contributed by atoms with Crippen LogP contribution in [-0.4, -0.2) is 34.2 Å². The van der Waals surface area contributed by atoms with E-state index in [0.29, 0.717) is 18.2 Å². The van der Waals surface area contributed by atoms with E-state index in [1.807, 2.05) is 32.6 Å². The van der Waals surface area contributed by atoms with E-state index in [-0.39, 0.29) is 11.1 Å². The van der Waals surface area contributed by atoms with Gasteiger partial charge in [-0.2, -0.15) is 0 Å². The van der Waals surface area contributed by atoms with Gasteiger partial charge in [-0.15, -0.1) is 0 Å². The topological polar surface area (TPSA) is 81.3 Å². The number of hydrogen-bond donors (Lipinski definition) is 3. The maximum Gasteiger partial charge on any atom is 0.167 e. The van der Waals surface area contributed by atoms with Crippen LogP contribution in [0.2, 0.25) is 0 Å². The van der Waals surface area contributed by atoms with E-state index in [4.69, 9.17) is 29.4 Å². The molecule has 0 fully saturated rings. The van der Waals surface area contributed by atoms with Gasteiger partial charge in [-0.1, -0.05) is 0 Å². The second kappa shape index (κ2) is 4.42. The van der Waals surface area contributed by atoms with Crippen LogP contribution in [0.1, 0.15) is 27.7 Å². The van der Waals surface area contributed by atoms with Crippen LogP contribution in [0.3, 0.4) is 0 Å². The van der Waals surface area contributed by atoms with E-state index in [1.165, 1.54) is 0 Å². The SMILES string of the molecule is CC(C)(CN)N(C(N)=S)C(C)(C)CN. The van der Waals surface area contributed by atoms with Crippen molar-refractivity contribution in [3.05, 3.63) is 0 Å². The maximum absolute atomic E-state index is 5.71. The van der Waals surface area contributed by atoms with E-state index in [2.05, 4.69) is 0 Å². The van der Waals surface area contributed by atoms with Crippen molar-refractivity contribution >= 4 is 17.3 Å². The summed E-state index contributed by atoms with van der Waals surface area (Å²) < 4.78 is 0. The third-order valence-corrected chi connectivity index (χ3v) is 2.61. The molecule has 4 nitrogen and oxygen atoms in total. The fourth-order valence-corrected chi connectivity index (χ4v) is 2.09. The molecule has 0 unspecified atom stereocenters. The van der Waals surface area contributed by atoms with Gasteiger partial charge in [0.15, 0.2) is 5.11 Å². The summed E-state index contributed by atoms with van der Waals surface area (Å²) in [6.07, 6.45) is 0. The zero-order chi connectivity index (χ0) is 11.6. The number of hydrogen-bond acceptors (Lipinski definition) is 3. The lowest BCUT2D eigenvalue weighted by Crippen LogP contribution is -2.64. The summed E-state index contributed by atoms with van der Waals surface area (Å²) in [4.78, 5) is 1.91. The van der Waals surface area contributed by atoms with Crippen LogP contribution in [0, 0.1) is 0 Å². The molecule has 0 saturated heterocycles. The van der Waals surface area contributed by atoms with Crippen LogP contribution in [0.5, 0.6) is 0 Å². The van der Waals surface area contributed by atoms with Crippen molar-refractivity contribution in [2.24, 2.45) is 17.2 Å². The molecule has 0 aromatic carbocycles. The van der Waals surface area contributed by atoms with Crippen LogP contribution in [0.15, 0.2) is 0 Å². The van der Waals surface area contributed by atoms with E-state index in [1.54, 1.807) is 0 Å². The highest BCUT2D eigenvalue weighted by atomic mass is 32.1. The lowest BCUT2D eigenvalue weighted by molar-refractivity contribution is 0.109. The Morgan fingerprint density at radius 2 is 1.36 bits per heavy atom. The number of thiocarbonyl (C=S) groups is 1. The van der Waals surface area contributed by atoms with Gasteiger partial charge in [-0.3, -0.25) is 0 Å². The lowest BCUT2D eigenvalue weighted by Gasteiger charge is -2.48. The summed E-state index contributed by atoms with van der Waals surface area (Å²) in [6, 6.07) is 0. The van der Waals surface area contributed by atoms with E-state index in [0.717, 1.165) is 0 Å². The summed E-state index contributed by atoms with van der Waals surface area (Å²) in [6.45, 7) is 8.97. The Bertz CT molecular complexity index is 197. The highest BCUT2D eigenvalue weighted by Crippen LogP contribution is 2.23. The standard InChI is InChI=1S/C9H22N4S/c1-8(2,5-10)13(7(12)14)9(3,4)6-11/h5-6,10-11H2,1-4H3,(H2,12,14). The molecule has 0 aliphatic rings. The van der Waals surface area contributed by atoms with Gasteiger partial charge in [0.2, 0.25) is 0 Å². The van der Waals surface area contributed by atoms with Gasteiger partial charge in [-0.05, 0) is 39.9 Å². The molecular weight excluding hydrogens is 196 g/mol. The van der Waals surface area contributed by atoms with Crippen LogP contribution >= 0.6 is 12.2 Å². The second-order valence-electron chi connectivity index (χ2n) is 4.71. The summed E-state index contributed by atoms with van der Waals surface area (Å²) >= 11 is 5.04. The molecule has 0 aromatic rings. The van der Waals surface area contributed by atoms with Crippen LogP contribution in [-0.2, 0) is 0 Å². The van der Waals surface area contributed by atoms with Crippen LogP contribution in [0.4, 0.5) is 0 Å². The Labute approximate surface area is 91.8 Å². The van der Waals surface area contributed by atoms with Crippen molar-refractivity contribution in [1.29, 1.82) is 0 Å². The molecule has 6 N–H and O–H groups in total. The first-order chi connectivity index (χ1) is 6.19. The van der Waals surface area contributed by atoms with Gasteiger partial charge < -0.3 is 22.1 Å². The quantitative estimate of drug-likeness (QED) is 0.579. The number of rotatable bonds is 4. The highest BCUT2D eigenvalue weighted by molar-refractivity contribution is 7.80. The normalized spacial score (nSPS) is 12.7. The molecule has 0 saturated carbocycles. The predicted octanol–water partition coefficient (Wildman–Crippen LogP) is 0.00660. The molecule has 14 heavy (non-hydrogen) atoms. The molecule has 0 amide bonds. The minimum atomic E-state index is -0.269. The Kier molecular flexibility index (Phi) is 4.30. The zero-order valence-corrected chi connectivity index (χ0v) is 10.3. The molecule has 0 aliphatic carbocycles. The smallest absolute Gasteiger partial charge is 0.167 e. The van der Waals surface area contributed by atoms with Crippen molar-refractivity contribution in [2.45, 2.75) is 38.8 Å². The Balaban J connectivity index is 5.06. The van der Waals surface area contributed by atoms with Crippen molar-refractivity contribution < 1.29 is 0 Å². The first-order valence-corrected chi connectivity index (χ1v) is 5.10. The highest BCUT2D eigenvalue weighted by Gasteiger charge is 2.36. The average Bonchev–Trinajstić information content (AvgIpc) is 2.02. The molecule has 0 spiro atoms. The fraction of sp³-hybridized carbons (Fsp3) is 0.889. The van der Waals surface area contributed by atoms with Gasteiger partial charge >= 0.3 is 0 Å². The molecule has 0 aromatic heterocycles. The van der Waals surface area contributed by atoms with Crippen molar-refractivity contribution in [3.8, 4) is 0 Å². The Morgan fingerprint density at radius 1 is 1.07 bits per heavy atom. The third kappa shape index (κ3) is 2.80. The third-order valence-electron chi connectivity index (χ3n) is 2.43. The molecule has 0 radical (unpaired) electrons. The van der Waals surface area contributed by atoms with Crippen molar-refractivity contribution in [2.75, 3.05) is 13.1 Å². The van der Waals surface area contributed by atoms with E-state index < -0.39 is 0 Å². The molecule has 0 rings (SSSR count). The molecular formula is C9H22N4S. The Morgan fingerprint density at radius 3 is 1.50 bits per heavy atom. The van der Waals surface area contributed by atoms with Gasteiger partial charge in [-0.25, -0.2) is 0 Å². The monoisotopic (exact) mass is 218 g/mol. The Hall–Kier alpha value is -0.390. The molecule has 0 bridgehead atoms. The molecule has 0 heterocycles. The minimum absolute atomic E-state index is 0.269. The lowest BCUT2D eigenvalue weighted by atomic mass is 9.94. The number of nitrogens with two attached hydrogens (primary N) is 3. The van der Waals surface area contributed by atoms with Gasteiger partial charge in [0.1, 0.15) is 0 Å². The molecule has 5 heteroatoms. The van der Waals surface area contributed by atoms with Gasteiger partial charge in [0.25, 0.3) is 0 Å². The maximum atomic E-state index is 5.71. The first kappa shape index (κ1) is 13.6. The van der Waals surface area contributed by atoms with E-state index in [9.17, 15) is 0 Å². The van der Waals surface area contributed by atoms with Gasteiger partial charge in [0.05, 0.1) is 0 Å². The van der Waals surface area contributed by atoms with Crippen molar-refractivity contribution in [3.63, 3.8) is 0 Å². The summed E-state index contributed by atoms with van der Waals surface area (Å²) in [5, 5.41) is 0.343.